The van der Waals surface area contributed by atoms with Crippen molar-refractivity contribution in [3.05, 3.63) is 0 Å². The summed E-state index contributed by atoms with van der Waals surface area (Å²) in [4.78, 5) is 0. The van der Waals surface area contributed by atoms with Gasteiger partial charge in [0.15, 0.2) is 0 Å². The maximum Gasteiger partial charge on any atom is 0.393 e. The molecule has 1 unspecified atom stereocenters. The predicted octanol–water partition coefficient (Wildman–Crippen LogP) is 3.73. The molecule has 2 N–H and O–H groups in total. The molecule has 0 amide bonds. The van der Waals surface area contributed by atoms with Gasteiger partial charge in [0.25, 0.3) is 0 Å². The number of halogens is 3. The molecule has 4 fully saturated rings. The van der Waals surface area contributed by atoms with Crippen molar-refractivity contribution >= 4 is 0 Å². The summed E-state index contributed by atoms with van der Waals surface area (Å²) in [6.07, 6.45) is 3.10. The zero-order valence-corrected chi connectivity index (χ0v) is 10.7. The van der Waals surface area contributed by atoms with Crippen LogP contribution in [0.1, 0.15) is 44.9 Å². The summed E-state index contributed by atoms with van der Waals surface area (Å²) in [6, 6.07) is 0. The van der Waals surface area contributed by atoms with Crippen molar-refractivity contribution < 1.29 is 13.2 Å². The molecule has 0 aromatic heterocycles. The van der Waals surface area contributed by atoms with E-state index in [4.69, 9.17) is 5.73 Å². The van der Waals surface area contributed by atoms with Crippen LogP contribution in [0.3, 0.4) is 0 Å². The van der Waals surface area contributed by atoms with Crippen LogP contribution < -0.4 is 5.73 Å². The minimum absolute atomic E-state index is 0.0195. The zero-order valence-electron chi connectivity index (χ0n) is 10.7. The van der Waals surface area contributed by atoms with Crippen LogP contribution in [-0.2, 0) is 0 Å². The van der Waals surface area contributed by atoms with Gasteiger partial charge in [0.1, 0.15) is 0 Å². The highest BCUT2D eigenvalue weighted by molar-refractivity contribution is 5.02. The van der Waals surface area contributed by atoms with Gasteiger partial charge in [-0.15, -0.1) is 0 Å². The lowest BCUT2D eigenvalue weighted by Gasteiger charge is -2.57. The highest BCUT2D eigenvalue weighted by atomic mass is 19.4. The molecule has 4 rings (SSSR count). The molecule has 4 heteroatoms. The Hall–Kier alpha value is -0.250. The molecule has 104 valence electrons. The molecule has 0 aliphatic heterocycles. The van der Waals surface area contributed by atoms with E-state index in [1.165, 1.54) is 19.3 Å². The second-order valence-corrected chi connectivity index (χ2v) is 7.10. The first-order valence-electron chi connectivity index (χ1n) is 7.17. The number of rotatable bonds is 3. The summed E-state index contributed by atoms with van der Waals surface area (Å²) in [5.41, 5.74) is 5.35. The molecule has 0 spiro atoms. The van der Waals surface area contributed by atoms with E-state index in [1.54, 1.807) is 0 Å². The standard InChI is InChI=1S/C14H22F3N/c15-14(16,17)12(8-18)7-13-4-9-1-10(5-13)3-11(2-9)6-13/h9-12H,1-8,18H2. The van der Waals surface area contributed by atoms with Gasteiger partial charge in [0.05, 0.1) is 5.92 Å². The van der Waals surface area contributed by atoms with E-state index in [-0.39, 0.29) is 18.4 Å². The van der Waals surface area contributed by atoms with Gasteiger partial charge in [-0.2, -0.15) is 13.2 Å². The van der Waals surface area contributed by atoms with E-state index < -0.39 is 12.1 Å². The van der Waals surface area contributed by atoms with E-state index >= 15 is 0 Å². The summed E-state index contributed by atoms with van der Waals surface area (Å²) >= 11 is 0. The molecular weight excluding hydrogens is 239 g/mol. The van der Waals surface area contributed by atoms with Gasteiger partial charge in [-0.3, -0.25) is 0 Å². The number of hydrogen-bond acceptors (Lipinski definition) is 1. The van der Waals surface area contributed by atoms with E-state index in [0.29, 0.717) is 17.8 Å². The molecule has 4 aliphatic carbocycles. The van der Waals surface area contributed by atoms with Crippen LogP contribution in [0.5, 0.6) is 0 Å². The average molecular weight is 261 g/mol. The van der Waals surface area contributed by atoms with Gasteiger partial charge in [0.2, 0.25) is 0 Å². The van der Waals surface area contributed by atoms with Crippen molar-refractivity contribution in [2.45, 2.75) is 51.1 Å². The fourth-order valence-electron chi connectivity index (χ4n) is 5.40. The molecule has 1 nitrogen and oxygen atoms in total. The van der Waals surface area contributed by atoms with Crippen molar-refractivity contribution in [1.29, 1.82) is 0 Å². The number of alkyl halides is 3. The maximum atomic E-state index is 12.9. The predicted molar refractivity (Wildman–Crippen MR) is 63.8 cm³/mol. The molecule has 0 heterocycles. The Labute approximate surface area is 106 Å². The smallest absolute Gasteiger partial charge is 0.330 e. The lowest BCUT2D eigenvalue weighted by molar-refractivity contribution is -0.190. The zero-order chi connectivity index (χ0) is 13.0. The van der Waals surface area contributed by atoms with Gasteiger partial charge in [-0.05, 0) is 68.1 Å². The van der Waals surface area contributed by atoms with Crippen LogP contribution in [0, 0.1) is 29.1 Å². The topological polar surface area (TPSA) is 26.0 Å². The third-order valence-electron chi connectivity index (χ3n) is 5.59. The largest absolute Gasteiger partial charge is 0.393 e. The molecule has 0 radical (unpaired) electrons. The fourth-order valence-corrected chi connectivity index (χ4v) is 5.40. The quantitative estimate of drug-likeness (QED) is 0.823. The lowest BCUT2D eigenvalue weighted by atomic mass is 9.48. The van der Waals surface area contributed by atoms with Crippen LogP contribution in [0.2, 0.25) is 0 Å². The molecule has 1 atom stereocenters. The Morgan fingerprint density at radius 1 is 1.00 bits per heavy atom. The van der Waals surface area contributed by atoms with Gasteiger partial charge in [-0.25, -0.2) is 0 Å². The second-order valence-electron chi connectivity index (χ2n) is 7.10. The molecule has 4 aliphatic rings. The molecule has 0 saturated heterocycles. The van der Waals surface area contributed by atoms with Crippen molar-refractivity contribution in [2.75, 3.05) is 6.54 Å². The highest BCUT2D eigenvalue weighted by Crippen LogP contribution is 2.62. The lowest BCUT2D eigenvalue weighted by Crippen LogP contribution is -2.48. The van der Waals surface area contributed by atoms with E-state index in [2.05, 4.69) is 0 Å². The Kier molecular flexibility index (Phi) is 2.92. The van der Waals surface area contributed by atoms with Gasteiger partial charge < -0.3 is 5.73 Å². The number of hydrogen-bond donors (Lipinski definition) is 1. The van der Waals surface area contributed by atoms with Gasteiger partial charge in [-0.1, -0.05) is 0 Å². The Morgan fingerprint density at radius 3 is 1.78 bits per heavy atom. The van der Waals surface area contributed by atoms with Crippen LogP contribution in [0.25, 0.3) is 0 Å². The molecule has 0 aromatic rings. The summed E-state index contributed by atoms with van der Waals surface area (Å²) in [6.45, 7) is -0.245. The van der Waals surface area contributed by atoms with E-state index in [0.717, 1.165) is 19.3 Å². The minimum atomic E-state index is -4.11. The molecular formula is C14H22F3N. The van der Waals surface area contributed by atoms with Crippen LogP contribution >= 0.6 is 0 Å². The van der Waals surface area contributed by atoms with Gasteiger partial charge in [0, 0.05) is 6.54 Å². The molecule has 18 heavy (non-hydrogen) atoms. The van der Waals surface area contributed by atoms with Gasteiger partial charge >= 0.3 is 6.18 Å². The first-order chi connectivity index (χ1) is 8.40. The second kappa shape index (κ2) is 4.12. The fraction of sp³-hybridized carbons (Fsp3) is 1.00. The summed E-state index contributed by atoms with van der Waals surface area (Å²) < 4.78 is 38.8. The van der Waals surface area contributed by atoms with Crippen LogP contribution in [0.15, 0.2) is 0 Å². The molecule has 4 saturated carbocycles. The first-order valence-corrected chi connectivity index (χ1v) is 7.17. The molecule has 4 bridgehead atoms. The Balaban J connectivity index is 1.75. The van der Waals surface area contributed by atoms with Crippen LogP contribution in [-0.4, -0.2) is 12.7 Å². The Bertz CT molecular complexity index is 288. The number of nitrogens with two attached hydrogens (primary N) is 1. The van der Waals surface area contributed by atoms with Crippen molar-refractivity contribution in [2.24, 2.45) is 34.8 Å². The normalized spacial score (nSPS) is 44.3. The van der Waals surface area contributed by atoms with Crippen molar-refractivity contribution in [1.82, 2.24) is 0 Å². The summed E-state index contributed by atoms with van der Waals surface area (Å²) in [5, 5.41) is 0. The SMILES string of the molecule is NCC(CC12CC3CC(CC(C3)C1)C2)C(F)(F)F. The maximum absolute atomic E-state index is 12.9. The monoisotopic (exact) mass is 261 g/mol. The summed E-state index contributed by atoms with van der Waals surface area (Å²) in [7, 11) is 0. The van der Waals surface area contributed by atoms with E-state index in [1.807, 2.05) is 0 Å². The third-order valence-corrected chi connectivity index (χ3v) is 5.59. The Morgan fingerprint density at radius 2 is 1.44 bits per heavy atom. The van der Waals surface area contributed by atoms with Crippen molar-refractivity contribution in [3.8, 4) is 0 Å². The average Bonchev–Trinajstić information content (AvgIpc) is 2.22. The summed E-state index contributed by atoms with van der Waals surface area (Å²) in [5.74, 6) is 0.850. The third kappa shape index (κ3) is 2.17. The van der Waals surface area contributed by atoms with E-state index in [9.17, 15) is 13.2 Å². The minimum Gasteiger partial charge on any atom is -0.330 e. The first kappa shape index (κ1) is 12.8. The van der Waals surface area contributed by atoms with Crippen molar-refractivity contribution in [3.63, 3.8) is 0 Å². The van der Waals surface area contributed by atoms with Crippen LogP contribution in [0.4, 0.5) is 13.2 Å². The highest BCUT2D eigenvalue weighted by Gasteiger charge is 2.53. The molecule has 0 aromatic carbocycles.